The lowest BCUT2D eigenvalue weighted by Crippen LogP contribution is -2.26. The van der Waals surface area contributed by atoms with Gasteiger partial charge in [0.15, 0.2) is 5.65 Å². The van der Waals surface area contributed by atoms with E-state index in [1.165, 1.54) is 22.0 Å². The van der Waals surface area contributed by atoms with E-state index >= 15 is 0 Å². The number of benzene rings is 1. The second kappa shape index (κ2) is 8.84. The van der Waals surface area contributed by atoms with Crippen molar-refractivity contribution < 1.29 is 8.78 Å². The minimum Gasteiger partial charge on any atom is -0.324 e. The average molecular weight is 480 g/mol. The molecule has 4 aromatic rings. The molecule has 3 aromatic heterocycles. The van der Waals surface area contributed by atoms with Crippen LogP contribution >= 0.6 is 0 Å². The topological polar surface area (TPSA) is 89.7 Å². The summed E-state index contributed by atoms with van der Waals surface area (Å²) in [5.41, 5.74) is 4.02. The third kappa shape index (κ3) is 4.53. The first kappa shape index (κ1) is 23.1. The molecule has 8 nitrogen and oxygen atoms in total. The Labute approximate surface area is 201 Å². The summed E-state index contributed by atoms with van der Waals surface area (Å²) in [4.78, 5) is 26.4. The van der Waals surface area contributed by atoms with E-state index in [9.17, 15) is 13.6 Å². The normalized spacial score (nSPS) is 13.9. The summed E-state index contributed by atoms with van der Waals surface area (Å²) in [5, 5.41) is 6.72. The van der Waals surface area contributed by atoms with Crippen LogP contribution in [0.25, 0.3) is 16.7 Å². The van der Waals surface area contributed by atoms with Crippen molar-refractivity contribution in [2.75, 3.05) is 11.9 Å². The van der Waals surface area contributed by atoms with Gasteiger partial charge in [-0.1, -0.05) is 26.8 Å². The van der Waals surface area contributed by atoms with Crippen LogP contribution in [0.1, 0.15) is 37.6 Å². The maximum atomic E-state index is 13.5. The molecule has 0 saturated heterocycles. The van der Waals surface area contributed by atoms with Gasteiger partial charge in [-0.05, 0) is 48.4 Å². The number of hydrogen-bond donors (Lipinski definition) is 2. The summed E-state index contributed by atoms with van der Waals surface area (Å²) in [7, 11) is 0. The minimum absolute atomic E-state index is 0.167. The molecule has 0 atom stereocenters. The zero-order chi connectivity index (χ0) is 24.7. The molecular weight excluding hydrogens is 452 g/mol. The number of nitrogens with one attached hydrogen (secondary N) is 2. The number of anilines is 2. The highest BCUT2D eigenvalue weighted by atomic mass is 19.3. The van der Waals surface area contributed by atoms with Crippen molar-refractivity contribution in [2.45, 2.75) is 52.1 Å². The van der Waals surface area contributed by atoms with E-state index in [1.807, 2.05) is 32.9 Å². The molecule has 1 aromatic carbocycles. The Bertz CT molecular complexity index is 1450. The van der Waals surface area contributed by atoms with Gasteiger partial charge in [0, 0.05) is 35.7 Å². The molecule has 0 fully saturated rings. The molecule has 0 unspecified atom stereocenters. The second-order valence-corrected chi connectivity index (χ2v) is 9.71. The van der Waals surface area contributed by atoms with Gasteiger partial charge in [-0.25, -0.2) is 23.1 Å². The van der Waals surface area contributed by atoms with E-state index in [1.54, 1.807) is 18.3 Å². The fourth-order valence-corrected chi connectivity index (χ4v) is 4.30. The predicted molar refractivity (Wildman–Crippen MR) is 131 cm³/mol. The molecule has 0 bridgehead atoms. The van der Waals surface area contributed by atoms with Gasteiger partial charge in [-0.3, -0.25) is 9.78 Å². The lowest BCUT2D eigenvalue weighted by Gasteiger charge is -2.19. The van der Waals surface area contributed by atoms with Crippen LogP contribution in [-0.4, -0.2) is 37.3 Å². The minimum atomic E-state index is -2.71. The van der Waals surface area contributed by atoms with Crippen molar-refractivity contribution in [1.29, 1.82) is 0 Å². The van der Waals surface area contributed by atoms with Crippen LogP contribution in [-0.2, 0) is 24.9 Å². The third-order valence-electron chi connectivity index (χ3n) is 6.09. The molecule has 0 spiro atoms. The zero-order valence-corrected chi connectivity index (χ0v) is 19.8. The van der Waals surface area contributed by atoms with E-state index in [-0.39, 0.29) is 22.4 Å². The van der Waals surface area contributed by atoms with Gasteiger partial charge >= 0.3 is 0 Å². The number of nitrogens with zero attached hydrogens (tertiary/aromatic N) is 5. The van der Waals surface area contributed by atoms with E-state index in [4.69, 9.17) is 0 Å². The first-order chi connectivity index (χ1) is 16.7. The van der Waals surface area contributed by atoms with E-state index in [0.29, 0.717) is 5.69 Å². The molecule has 0 radical (unpaired) electrons. The maximum Gasteiger partial charge on any atom is 0.278 e. The molecule has 1 aliphatic rings. The lowest BCUT2D eigenvalue weighted by atomic mass is 9.91. The molecule has 10 heteroatoms. The molecular formula is C25H27F2N7O. The van der Waals surface area contributed by atoms with E-state index in [2.05, 4.69) is 31.7 Å². The van der Waals surface area contributed by atoms with Crippen LogP contribution in [0.2, 0.25) is 0 Å². The monoisotopic (exact) mass is 479 g/mol. The third-order valence-corrected chi connectivity index (χ3v) is 6.09. The zero-order valence-electron chi connectivity index (χ0n) is 19.8. The van der Waals surface area contributed by atoms with Crippen molar-refractivity contribution in [2.24, 2.45) is 0 Å². The van der Waals surface area contributed by atoms with Crippen molar-refractivity contribution in [1.82, 2.24) is 29.6 Å². The Morgan fingerprint density at radius 2 is 1.97 bits per heavy atom. The van der Waals surface area contributed by atoms with Crippen LogP contribution in [0, 0.1) is 0 Å². The Morgan fingerprint density at radius 1 is 1.14 bits per heavy atom. The van der Waals surface area contributed by atoms with Crippen LogP contribution in [0.15, 0.2) is 47.5 Å². The van der Waals surface area contributed by atoms with Gasteiger partial charge in [-0.2, -0.15) is 4.98 Å². The molecule has 2 N–H and O–H groups in total. The van der Waals surface area contributed by atoms with E-state index < -0.39 is 18.5 Å². The summed E-state index contributed by atoms with van der Waals surface area (Å²) in [6, 6.07) is 9.57. The fourth-order valence-electron chi connectivity index (χ4n) is 4.30. The Kier molecular flexibility index (Phi) is 5.84. The predicted octanol–water partition coefficient (Wildman–Crippen LogP) is 3.93. The van der Waals surface area contributed by atoms with Crippen LogP contribution in [0.5, 0.6) is 0 Å². The van der Waals surface area contributed by atoms with Gasteiger partial charge in [-0.15, -0.1) is 0 Å². The van der Waals surface area contributed by atoms with Crippen molar-refractivity contribution >= 4 is 22.7 Å². The SMILES string of the molecule is CC(C)(C)c1cc(-n2c3nc(Nc4ccc5c(c4)CNCC5)ncc3c(=O)n2CC(F)F)ccn1. The number of alkyl halides is 2. The Morgan fingerprint density at radius 3 is 2.74 bits per heavy atom. The highest BCUT2D eigenvalue weighted by molar-refractivity contribution is 5.77. The summed E-state index contributed by atoms with van der Waals surface area (Å²) in [6.07, 6.45) is 1.26. The van der Waals surface area contributed by atoms with Crippen molar-refractivity contribution in [3.63, 3.8) is 0 Å². The average Bonchev–Trinajstić information content (AvgIpc) is 3.09. The molecule has 35 heavy (non-hydrogen) atoms. The highest BCUT2D eigenvalue weighted by Gasteiger charge is 2.22. The lowest BCUT2D eigenvalue weighted by molar-refractivity contribution is 0.118. The van der Waals surface area contributed by atoms with E-state index in [0.717, 1.165) is 35.6 Å². The molecule has 0 saturated carbocycles. The summed E-state index contributed by atoms with van der Waals surface area (Å²) >= 11 is 0. The smallest absolute Gasteiger partial charge is 0.278 e. The van der Waals surface area contributed by atoms with Gasteiger partial charge in [0.05, 0.1) is 5.69 Å². The second-order valence-electron chi connectivity index (χ2n) is 9.71. The van der Waals surface area contributed by atoms with Crippen molar-refractivity contribution in [3.05, 3.63) is 69.9 Å². The summed E-state index contributed by atoms with van der Waals surface area (Å²) < 4.78 is 29.4. The molecule has 0 aliphatic carbocycles. The molecule has 4 heterocycles. The number of hydrogen-bond acceptors (Lipinski definition) is 6. The first-order valence-electron chi connectivity index (χ1n) is 11.5. The van der Waals surface area contributed by atoms with Gasteiger partial charge in [0.2, 0.25) is 5.95 Å². The number of aromatic nitrogens is 5. The maximum absolute atomic E-state index is 13.5. The first-order valence-corrected chi connectivity index (χ1v) is 11.5. The Hall–Kier alpha value is -3.66. The van der Waals surface area contributed by atoms with Crippen LogP contribution in [0.3, 0.4) is 0 Å². The van der Waals surface area contributed by atoms with Gasteiger partial charge < -0.3 is 10.6 Å². The van der Waals surface area contributed by atoms with Crippen LogP contribution < -0.4 is 16.2 Å². The molecule has 5 rings (SSSR count). The van der Waals surface area contributed by atoms with Crippen molar-refractivity contribution in [3.8, 4) is 5.69 Å². The summed E-state index contributed by atoms with van der Waals surface area (Å²) in [6.45, 7) is 7.02. The number of pyridine rings is 1. The molecule has 1 aliphatic heterocycles. The quantitative estimate of drug-likeness (QED) is 0.451. The number of fused-ring (bicyclic) bond motifs is 2. The number of rotatable bonds is 5. The van der Waals surface area contributed by atoms with Gasteiger partial charge in [0.25, 0.3) is 12.0 Å². The van der Waals surface area contributed by atoms with Gasteiger partial charge in [0.1, 0.15) is 11.9 Å². The summed E-state index contributed by atoms with van der Waals surface area (Å²) in [5.74, 6) is 0.272. The Balaban J connectivity index is 1.62. The fraction of sp³-hybridized carbons (Fsp3) is 0.360. The van der Waals surface area contributed by atoms with Crippen LogP contribution in [0.4, 0.5) is 20.4 Å². The number of halogens is 2. The molecule has 0 amide bonds. The molecule has 182 valence electrons. The standard InChI is InChI=1S/C25H27F2N7O/c1-25(2,3)20-11-18(7-9-29-20)34-22-19(23(35)33(34)14-21(26)27)13-30-24(32-22)31-17-5-4-15-6-8-28-12-16(15)10-17/h4-5,7,9-11,13,21,28H,6,8,12,14H2,1-3H3,(H,30,31,32). The highest BCUT2D eigenvalue weighted by Crippen LogP contribution is 2.25. The largest absolute Gasteiger partial charge is 0.324 e.